The second kappa shape index (κ2) is 6.25. The van der Waals surface area contributed by atoms with Crippen molar-refractivity contribution in [1.82, 2.24) is 0 Å². The number of esters is 2. The third-order valence-corrected chi connectivity index (χ3v) is 2.48. The molecule has 0 fully saturated rings. The van der Waals surface area contributed by atoms with Crippen LogP contribution in [0, 0.1) is 10.1 Å². The highest BCUT2D eigenvalue weighted by atomic mass is 35.6. The van der Waals surface area contributed by atoms with Crippen LogP contribution >= 0.6 is 34.8 Å². The Kier molecular flexibility index (Phi) is 5.15. The van der Waals surface area contributed by atoms with E-state index in [-0.39, 0.29) is 17.0 Å². The van der Waals surface area contributed by atoms with Gasteiger partial charge < -0.3 is 9.47 Å². The second-order valence-electron chi connectivity index (χ2n) is 3.32. The minimum absolute atomic E-state index is 0.321. The van der Waals surface area contributed by atoms with E-state index in [9.17, 15) is 19.7 Å². The standard InChI is InChI=1S/C10H6Cl3NO6/c1-19-8(15)6-4-5(14(17)18)2-3-7(6)20-9(16)10(11,12)13/h2-4H,1H3. The fourth-order valence-corrected chi connectivity index (χ4v) is 1.26. The van der Waals surface area contributed by atoms with Gasteiger partial charge in [0.05, 0.1) is 12.0 Å². The Morgan fingerprint density at radius 2 is 1.90 bits per heavy atom. The Morgan fingerprint density at radius 1 is 1.30 bits per heavy atom. The van der Waals surface area contributed by atoms with Gasteiger partial charge in [-0.05, 0) is 6.07 Å². The van der Waals surface area contributed by atoms with Crippen LogP contribution in [0.15, 0.2) is 18.2 Å². The lowest BCUT2D eigenvalue weighted by Gasteiger charge is -2.12. The molecule has 0 aromatic heterocycles. The smallest absolute Gasteiger partial charge is 0.363 e. The van der Waals surface area contributed by atoms with Gasteiger partial charge in [0.1, 0.15) is 11.3 Å². The number of halogens is 3. The summed E-state index contributed by atoms with van der Waals surface area (Å²) in [5, 5.41) is 10.6. The minimum atomic E-state index is -2.35. The quantitative estimate of drug-likeness (QED) is 0.275. The summed E-state index contributed by atoms with van der Waals surface area (Å²) >= 11 is 15.9. The van der Waals surface area contributed by atoms with Gasteiger partial charge in [0, 0.05) is 12.1 Å². The van der Waals surface area contributed by atoms with Crippen LogP contribution < -0.4 is 4.74 Å². The summed E-state index contributed by atoms with van der Waals surface area (Å²) in [6.07, 6.45) is 0. The van der Waals surface area contributed by atoms with Gasteiger partial charge in [-0.1, -0.05) is 34.8 Å². The average molecular weight is 343 g/mol. The zero-order chi connectivity index (χ0) is 15.5. The van der Waals surface area contributed by atoms with Crippen LogP contribution in [0.2, 0.25) is 0 Å². The van der Waals surface area contributed by atoms with E-state index in [1.165, 1.54) is 0 Å². The monoisotopic (exact) mass is 341 g/mol. The average Bonchev–Trinajstić information content (AvgIpc) is 2.36. The molecule has 0 aliphatic rings. The number of carbonyl (C=O) groups excluding carboxylic acids is 2. The van der Waals surface area contributed by atoms with E-state index in [1.807, 2.05) is 0 Å². The highest BCUT2D eigenvalue weighted by Gasteiger charge is 2.34. The Hall–Kier alpha value is -1.57. The predicted octanol–water partition coefficient (Wildman–Crippen LogP) is 2.66. The Morgan fingerprint density at radius 3 is 2.35 bits per heavy atom. The second-order valence-corrected chi connectivity index (χ2v) is 5.60. The van der Waals surface area contributed by atoms with Gasteiger partial charge in [-0.25, -0.2) is 9.59 Å². The highest BCUT2D eigenvalue weighted by molar-refractivity contribution is 6.75. The molecule has 0 heterocycles. The number of nitro groups is 1. The number of nitrogens with zero attached hydrogens (tertiary/aromatic N) is 1. The summed E-state index contributed by atoms with van der Waals surface area (Å²) in [7, 11) is 1.06. The van der Waals surface area contributed by atoms with Crippen molar-refractivity contribution in [2.45, 2.75) is 3.79 Å². The van der Waals surface area contributed by atoms with Crippen molar-refractivity contribution in [2.24, 2.45) is 0 Å². The molecule has 0 saturated carbocycles. The molecule has 1 rings (SSSR count). The van der Waals surface area contributed by atoms with E-state index >= 15 is 0 Å². The molecule has 7 nitrogen and oxygen atoms in total. The van der Waals surface area contributed by atoms with Crippen LogP contribution in [-0.2, 0) is 9.53 Å². The molecule has 10 heteroatoms. The molecule has 0 spiro atoms. The van der Waals surface area contributed by atoms with Crippen LogP contribution in [0.25, 0.3) is 0 Å². The van der Waals surface area contributed by atoms with E-state index in [0.717, 1.165) is 25.3 Å². The van der Waals surface area contributed by atoms with E-state index in [2.05, 4.69) is 4.74 Å². The number of methoxy groups -OCH3 is 1. The van der Waals surface area contributed by atoms with Gasteiger partial charge in [-0.3, -0.25) is 10.1 Å². The molecule has 0 aliphatic heterocycles. The van der Waals surface area contributed by atoms with Crippen molar-refractivity contribution < 1.29 is 24.0 Å². The fraction of sp³-hybridized carbons (Fsp3) is 0.200. The third kappa shape index (κ3) is 3.96. The van der Waals surface area contributed by atoms with Crippen LogP contribution in [0.4, 0.5) is 5.69 Å². The number of non-ortho nitro benzene ring substituents is 1. The molecule has 0 aliphatic carbocycles. The fourth-order valence-electron chi connectivity index (χ4n) is 1.15. The zero-order valence-corrected chi connectivity index (χ0v) is 12.0. The van der Waals surface area contributed by atoms with Gasteiger partial charge in [0.25, 0.3) is 9.48 Å². The van der Waals surface area contributed by atoms with E-state index < -0.39 is 20.7 Å². The number of carbonyl (C=O) groups is 2. The number of ether oxygens (including phenoxy) is 2. The molecule has 0 amide bonds. The minimum Gasteiger partial charge on any atom is -0.465 e. The maximum Gasteiger partial charge on any atom is 0.363 e. The maximum atomic E-state index is 11.5. The zero-order valence-electron chi connectivity index (χ0n) is 9.76. The van der Waals surface area contributed by atoms with Crippen molar-refractivity contribution >= 4 is 52.4 Å². The summed E-state index contributed by atoms with van der Waals surface area (Å²) < 4.78 is 6.78. The largest absolute Gasteiger partial charge is 0.465 e. The normalized spacial score (nSPS) is 10.8. The first-order chi connectivity index (χ1) is 9.16. The van der Waals surface area contributed by atoms with Crippen LogP contribution in [-0.4, -0.2) is 27.8 Å². The van der Waals surface area contributed by atoms with Crippen molar-refractivity contribution in [3.63, 3.8) is 0 Å². The molecule has 1 aromatic rings. The molecule has 0 radical (unpaired) electrons. The predicted molar refractivity (Wildman–Crippen MR) is 70.4 cm³/mol. The molecule has 0 bridgehead atoms. The molecule has 108 valence electrons. The van der Waals surface area contributed by atoms with Crippen LogP contribution in [0.1, 0.15) is 10.4 Å². The van der Waals surface area contributed by atoms with E-state index in [1.54, 1.807) is 0 Å². The number of hydrogen-bond acceptors (Lipinski definition) is 6. The molecule has 0 N–H and O–H groups in total. The number of alkyl halides is 3. The van der Waals surface area contributed by atoms with Crippen molar-refractivity contribution in [3.05, 3.63) is 33.9 Å². The van der Waals surface area contributed by atoms with Crippen LogP contribution in [0.3, 0.4) is 0 Å². The summed E-state index contributed by atoms with van der Waals surface area (Å²) in [5.74, 6) is -2.53. The molecular weight excluding hydrogens is 336 g/mol. The molecule has 0 atom stereocenters. The topological polar surface area (TPSA) is 95.7 Å². The molecule has 20 heavy (non-hydrogen) atoms. The summed E-state index contributed by atoms with van der Waals surface area (Å²) in [5.41, 5.74) is -0.733. The number of rotatable bonds is 3. The summed E-state index contributed by atoms with van der Waals surface area (Å²) in [4.78, 5) is 32.8. The molecular formula is C10H6Cl3NO6. The number of benzene rings is 1. The Balaban J connectivity index is 3.22. The van der Waals surface area contributed by atoms with Gasteiger partial charge >= 0.3 is 11.9 Å². The lowest BCUT2D eigenvalue weighted by molar-refractivity contribution is -0.384. The highest BCUT2D eigenvalue weighted by Crippen LogP contribution is 2.31. The SMILES string of the molecule is COC(=O)c1cc([N+](=O)[O-])ccc1OC(=O)C(Cl)(Cl)Cl. The molecule has 0 unspecified atom stereocenters. The molecule has 0 saturated heterocycles. The number of nitro benzene ring substituents is 1. The van der Waals surface area contributed by atoms with Crippen LogP contribution in [0.5, 0.6) is 5.75 Å². The van der Waals surface area contributed by atoms with Crippen molar-refractivity contribution in [1.29, 1.82) is 0 Å². The first-order valence-electron chi connectivity index (χ1n) is 4.82. The van der Waals surface area contributed by atoms with Crippen molar-refractivity contribution in [2.75, 3.05) is 7.11 Å². The van der Waals surface area contributed by atoms with E-state index in [4.69, 9.17) is 39.5 Å². The lowest BCUT2D eigenvalue weighted by Crippen LogP contribution is -2.25. The Labute approximate surface area is 127 Å². The first kappa shape index (κ1) is 16.5. The van der Waals surface area contributed by atoms with Gasteiger partial charge in [0.15, 0.2) is 0 Å². The molecule has 1 aromatic carbocycles. The summed E-state index contributed by atoms with van der Waals surface area (Å²) in [6.45, 7) is 0. The third-order valence-electron chi connectivity index (χ3n) is 2.01. The van der Waals surface area contributed by atoms with Gasteiger partial charge in [0.2, 0.25) is 0 Å². The van der Waals surface area contributed by atoms with Crippen molar-refractivity contribution in [3.8, 4) is 5.75 Å². The Bertz CT molecular complexity index is 569. The maximum absolute atomic E-state index is 11.5. The first-order valence-corrected chi connectivity index (χ1v) is 5.96. The number of hydrogen-bond donors (Lipinski definition) is 0. The lowest BCUT2D eigenvalue weighted by atomic mass is 10.2. The van der Waals surface area contributed by atoms with Gasteiger partial charge in [-0.2, -0.15) is 0 Å². The summed E-state index contributed by atoms with van der Waals surface area (Å²) in [6, 6.07) is 2.93. The van der Waals surface area contributed by atoms with Gasteiger partial charge in [-0.15, -0.1) is 0 Å². The van der Waals surface area contributed by atoms with E-state index in [0.29, 0.717) is 0 Å².